The Labute approximate surface area is 106 Å². The van der Waals surface area contributed by atoms with Crippen molar-refractivity contribution in [2.75, 3.05) is 5.32 Å². The Kier molecular flexibility index (Phi) is 2.48. The number of aliphatic hydroxyl groups excluding tert-OH is 1. The minimum atomic E-state index is -0.368. The van der Waals surface area contributed by atoms with Gasteiger partial charge >= 0.3 is 0 Å². The summed E-state index contributed by atoms with van der Waals surface area (Å²) in [6.07, 6.45) is 3.18. The second-order valence-electron chi connectivity index (χ2n) is 5.20. The number of benzene rings is 1. The van der Waals surface area contributed by atoms with E-state index in [-0.39, 0.29) is 11.6 Å². The molecule has 4 nitrogen and oxygen atoms in total. The van der Waals surface area contributed by atoms with Gasteiger partial charge in [-0.25, -0.2) is 9.97 Å². The second-order valence-corrected chi connectivity index (χ2v) is 5.20. The molecule has 4 heteroatoms. The molecule has 1 aliphatic carbocycles. The summed E-state index contributed by atoms with van der Waals surface area (Å²) in [6.45, 7) is 3.88. The minimum absolute atomic E-state index is 0.189. The van der Waals surface area contributed by atoms with E-state index in [1.807, 2.05) is 19.1 Å². The van der Waals surface area contributed by atoms with Crippen molar-refractivity contribution in [3.8, 4) is 0 Å². The van der Waals surface area contributed by atoms with Crippen molar-refractivity contribution in [2.45, 2.75) is 38.3 Å². The number of hydrogen-bond acceptors (Lipinski definition) is 4. The zero-order valence-corrected chi connectivity index (χ0v) is 10.6. The van der Waals surface area contributed by atoms with Gasteiger partial charge in [-0.1, -0.05) is 11.6 Å². The van der Waals surface area contributed by atoms with Gasteiger partial charge in [0.2, 0.25) is 0 Å². The Bertz CT molecular complexity index is 591. The number of anilines is 1. The quantitative estimate of drug-likeness (QED) is 0.868. The van der Waals surface area contributed by atoms with E-state index < -0.39 is 0 Å². The largest absolute Gasteiger partial charge is 0.391 e. The van der Waals surface area contributed by atoms with E-state index >= 15 is 0 Å². The summed E-state index contributed by atoms with van der Waals surface area (Å²) in [5, 5.41) is 14.2. The van der Waals surface area contributed by atoms with Gasteiger partial charge in [0.25, 0.3) is 0 Å². The molecule has 2 N–H and O–H groups in total. The third-order valence-electron chi connectivity index (χ3n) is 3.75. The van der Waals surface area contributed by atoms with Gasteiger partial charge in [0, 0.05) is 5.39 Å². The van der Waals surface area contributed by atoms with Crippen LogP contribution in [0.2, 0.25) is 0 Å². The van der Waals surface area contributed by atoms with Crippen LogP contribution in [0.25, 0.3) is 10.9 Å². The summed E-state index contributed by atoms with van der Waals surface area (Å²) in [7, 11) is 0. The van der Waals surface area contributed by atoms with Crippen LogP contribution in [0.5, 0.6) is 0 Å². The smallest absolute Gasteiger partial charge is 0.137 e. The summed E-state index contributed by atoms with van der Waals surface area (Å²) < 4.78 is 0. The normalized spacial score (nSPS) is 18.6. The van der Waals surface area contributed by atoms with Crippen LogP contribution in [0.3, 0.4) is 0 Å². The summed E-state index contributed by atoms with van der Waals surface area (Å²) >= 11 is 0. The molecule has 2 aromatic rings. The average Bonchev–Trinajstić information content (AvgIpc) is 3.11. The third-order valence-corrected chi connectivity index (χ3v) is 3.75. The van der Waals surface area contributed by atoms with E-state index in [4.69, 9.17) is 0 Å². The van der Waals surface area contributed by atoms with Gasteiger partial charge in [-0.3, -0.25) is 0 Å². The van der Waals surface area contributed by atoms with Crippen molar-refractivity contribution in [2.24, 2.45) is 0 Å². The lowest BCUT2D eigenvalue weighted by Gasteiger charge is -2.21. The Hall–Kier alpha value is -1.68. The van der Waals surface area contributed by atoms with Gasteiger partial charge in [-0.2, -0.15) is 0 Å². The van der Waals surface area contributed by atoms with Crippen molar-refractivity contribution >= 4 is 16.7 Å². The molecule has 1 unspecified atom stereocenters. The topological polar surface area (TPSA) is 58.0 Å². The molecule has 3 rings (SSSR count). The van der Waals surface area contributed by atoms with Crippen molar-refractivity contribution in [3.05, 3.63) is 30.1 Å². The molecule has 1 fully saturated rings. The van der Waals surface area contributed by atoms with Crippen LogP contribution in [0.15, 0.2) is 24.5 Å². The molecule has 1 saturated carbocycles. The summed E-state index contributed by atoms with van der Waals surface area (Å²) in [6, 6.07) is 6.12. The fraction of sp³-hybridized carbons (Fsp3) is 0.429. The highest BCUT2D eigenvalue weighted by molar-refractivity contribution is 5.89. The predicted octanol–water partition coefficient (Wildman–Crippen LogP) is 2.26. The van der Waals surface area contributed by atoms with Crippen LogP contribution in [0.4, 0.5) is 5.82 Å². The fourth-order valence-corrected chi connectivity index (χ4v) is 2.29. The molecular formula is C14H17N3O. The lowest BCUT2D eigenvalue weighted by Crippen LogP contribution is -2.34. The first kappa shape index (κ1) is 11.4. The molecule has 0 radical (unpaired) electrons. The van der Waals surface area contributed by atoms with Crippen molar-refractivity contribution in [3.63, 3.8) is 0 Å². The summed E-state index contributed by atoms with van der Waals surface area (Å²) in [4.78, 5) is 8.59. The maximum atomic E-state index is 9.82. The second kappa shape index (κ2) is 3.92. The molecule has 18 heavy (non-hydrogen) atoms. The highest BCUT2D eigenvalue weighted by Gasteiger charge is 2.47. The molecule has 1 aliphatic rings. The number of nitrogens with one attached hydrogen (secondary N) is 1. The van der Waals surface area contributed by atoms with Crippen LogP contribution >= 0.6 is 0 Å². The molecule has 0 spiro atoms. The van der Waals surface area contributed by atoms with Gasteiger partial charge in [0.05, 0.1) is 17.2 Å². The monoisotopic (exact) mass is 243 g/mol. The average molecular weight is 243 g/mol. The Balaban J connectivity index is 2.04. The first-order valence-electron chi connectivity index (χ1n) is 6.28. The fourth-order valence-electron chi connectivity index (χ4n) is 2.29. The van der Waals surface area contributed by atoms with E-state index in [0.717, 1.165) is 29.6 Å². The van der Waals surface area contributed by atoms with E-state index in [0.29, 0.717) is 0 Å². The lowest BCUT2D eigenvalue weighted by atomic mass is 10.1. The van der Waals surface area contributed by atoms with Gasteiger partial charge in [0.15, 0.2) is 0 Å². The molecule has 1 aromatic heterocycles. The molecule has 0 saturated heterocycles. The Morgan fingerprint density at radius 1 is 1.33 bits per heavy atom. The Morgan fingerprint density at radius 2 is 2.11 bits per heavy atom. The lowest BCUT2D eigenvalue weighted by molar-refractivity contribution is 0.162. The van der Waals surface area contributed by atoms with Crippen LogP contribution in [-0.2, 0) is 0 Å². The van der Waals surface area contributed by atoms with Crippen molar-refractivity contribution < 1.29 is 5.11 Å². The predicted molar refractivity (Wildman–Crippen MR) is 71.5 cm³/mol. The van der Waals surface area contributed by atoms with Crippen LogP contribution < -0.4 is 5.32 Å². The molecule has 0 amide bonds. The molecule has 0 bridgehead atoms. The van der Waals surface area contributed by atoms with Gasteiger partial charge in [-0.05, 0) is 38.8 Å². The molecule has 1 atom stereocenters. The highest BCUT2D eigenvalue weighted by atomic mass is 16.3. The number of aryl methyl sites for hydroxylation is 1. The van der Waals surface area contributed by atoms with Crippen LogP contribution in [-0.4, -0.2) is 26.7 Å². The number of fused-ring (bicyclic) bond motifs is 1. The summed E-state index contributed by atoms with van der Waals surface area (Å²) in [5.74, 6) is 0.821. The molecule has 1 heterocycles. The molecule has 0 aliphatic heterocycles. The first-order chi connectivity index (χ1) is 8.61. The van der Waals surface area contributed by atoms with Gasteiger partial charge in [-0.15, -0.1) is 0 Å². The summed E-state index contributed by atoms with van der Waals surface area (Å²) in [5.41, 5.74) is 1.92. The van der Waals surface area contributed by atoms with E-state index in [2.05, 4.69) is 28.3 Å². The van der Waals surface area contributed by atoms with E-state index in [1.165, 1.54) is 5.56 Å². The van der Waals surface area contributed by atoms with Crippen molar-refractivity contribution in [1.82, 2.24) is 9.97 Å². The number of aromatic nitrogens is 2. The molecule has 1 aromatic carbocycles. The van der Waals surface area contributed by atoms with Crippen LogP contribution in [0, 0.1) is 6.92 Å². The number of hydrogen-bond donors (Lipinski definition) is 2. The first-order valence-corrected chi connectivity index (χ1v) is 6.28. The highest BCUT2D eigenvalue weighted by Crippen LogP contribution is 2.42. The molecular weight excluding hydrogens is 226 g/mol. The maximum absolute atomic E-state index is 9.82. The van der Waals surface area contributed by atoms with E-state index in [1.54, 1.807) is 6.33 Å². The molecule has 94 valence electrons. The van der Waals surface area contributed by atoms with Gasteiger partial charge in [0.1, 0.15) is 12.1 Å². The maximum Gasteiger partial charge on any atom is 0.137 e. The number of rotatable bonds is 3. The van der Waals surface area contributed by atoms with Crippen LogP contribution in [0.1, 0.15) is 25.3 Å². The van der Waals surface area contributed by atoms with Gasteiger partial charge < -0.3 is 10.4 Å². The minimum Gasteiger partial charge on any atom is -0.391 e. The number of aliphatic hydroxyl groups is 1. The third kappa shape index (κ3) is 1.82. The van der Waals surface area contributed by atoms with Crippen molar-refractivity contribution in [1.29, 1.82) is 0 Å². The number of nitrogens with zero attached hydrogens (tertiary/aromatic N) is 2. The Morgan fingerprint density at radius 3 is 2.78 bits per heavy atom. The SMILES string of the molecule is Cc1ccc2ncnc(NC3(C(C)O)CC3)c2c1. The standard InChI is InChI=1S/C14H17N3O/c1-9-3-4-12-11(7-9)13(16-8-15-12)17-14(5-6-14)10(2)18/h3-4,7-8,10,18H,5-6H2,1-2H3,(H,15,16,17). The zero-order valence-electron chi connectivity index (χ0n) is 10.6. The van der Waals surface area contributed by atoms with E-state index in [9.17, 15) is 5.11 Å². The zero-order chi connectivity index (χ0) is 12.8.